The summed E-state index contributed by atoms with van der Waals surface area (Å²) in [5.74, 6) is -1.10. The molecule has 0 spiro atoms. The van der Waals surface area contributed by atoms with Crippen molar-refractivity contribution in [2.24, 2.45) is 5.92 Å². The van der Waals surface area contributed by atoms with Gasteiger partial charge in [0.1, 0.15) is 17.4 Å². The van der Waals surface area contributed by atoms with Crippen molar-refractivity contribution < 1.29 is 27.4 Å². The molecule has 0 N–H and O–H groups in total. The van der Waals surface area contributed by atoms with Gasteiger partial charge < -0.3 is 14.4 Å². The average Bonchev–Trinajstić information content (AvgIpc) is 3.64. The van der Waals surface area contributed by atoms with Crippen molar-refractivity contribution in [3.8, 4) is 5.88 Å². The molecule has 1 aromatic heterocycles. The van der Waals surface area contributed by atoms with E-state index in [1.165, 1.54) is 24.4 Å². The molecule has 0 radical (unpaired) electrons. The number of pyridine rings is 1. The predicted molar refractivity (Wildman–Crippen MR) is 117 cm³/mol. The quantitative estimate of drug-likeness (QED) is 0.468. The van der Waals surface area contributed by atoms with Gasteiger partial charge in [-0.2, -0.15) is 8.78 Å². The Kier molecular flexibility index (Phi) is 6.86. The summed E-state index contributed by atoms with van der Waals surface area (Å²) in [6, 6.07) is 7.99. The van der Waals surface area contributed by atoms with Gasteiger partial charge in [0.2, 0.25) is 5.88 Å². The van der Waals surface area contributed by atoms with E-state index >= 15 is 0 Å². The van der Waals surface area contributed by atoms with Crippen LogP contribution in [-0.2, 0) is 10.2 Å². The summed E-state index contributed by atoms with van der Waals surface area (Å²) in [4.78, 5) is 18.8. The Labute approximate surface area is 195 Å². The molecule has 0 bridgehead atoms. The highest BCUT2D eigenvalue weighted by atomic mass is 35.5. The normalized spacial score (nSPS) is 18.3. The molecule has 178 valence electrons. The summed E-state index contributed by atoms with van der Waals surface area (Å²) in [6.45, 7) is 2.81. The summed E-state index contributed by atoms with van der Waals surface area (Å²) in [6.07, 6.45) is 0.684. The largest absolute Gasteiger partial charge is 0.474 e. The van der Waals surface area contributed by atoms with Crippen LogP contribution in [0.15, 0.2) is 36.5 Å². The molecule has 2 aliphatic rings. The maximum absolute atomic E-state index is 13.5. The number of hydrogen-bond acceptors (Lipinski definition) is 4. The third kappa shape index (κ3) is 5.61. The van der Waals surface area contributed by atoms with Crippen molar-refractivity contribution >= 4 is 17.5 Å². The second-order valence-electron chi connectivity index (χ2n) is 8.90. The molecule has 0 unspecified atom stereocenters. The van der Waals surface area contributed by atoms with Crippen LogP contribution < -0.4 is 4.74 Å². The number of piperidine rings is 1. The first-order valence-electron chi connectivity index (χ1n) is 11.0. The molecule has 9 heteroatoms. The van der Waals surface area contributed by atoms with Crippen LogP contribution in [0.5, 0.6) is 5.88 Å². The van der Waals surface area contributed by atoms with E-state index in [4.69, 9.17) is 16.3 Å². The number of nitrogens with zero attached hydrogens (tertiary/aromatic N) is 2. The lowest BCUT2D eigenvalue weighted by Gasteiger charge is -2.40. The maximum atomic E-state index is 13.5. The van der Waals surface area contributed by atoms with Gasteiger partial charge in [-0.3, -0.25) is 4.79 Å². The molecule has 1 aliphatic heterocycles. The predicted octanol–water partition coefficient (Wildman–Crippen LogP) is 5.47. The lowest BCUT2D eigenvalue weighted by molar-refractivity contribution is -0.254. The summed E-state index contributed by atoms with van der Waals surface area (Å²) in [5, 5.41) is 0.128. The number of ether oxygens (including phenoxy) is 2. The Morgan fingerprint density at radius 2 is 1.88 bits per heavy atom. The Balaban J connectivity index is 1.29. The zero-order valence-corrected chi connectivity index (χ0v) is 19.1. The third-order valence-corrected chi connectivity index (χ3v) is 6.69. The van der Waals surface area contributed by atoms with Crippen molar-refractivity contribution in [3.05, 3.63) is 58.5 Å². The number of carbonyl (C=O) groups is 1. The van der Waals surface area contributed by atoms with Crippen molar-refractivity contribution in [2.75, 3.05) is 26.3 Å². The van der Waals surface area contributed by atoms with E-state index in [0.717, 1.165) is 18.4 Å². The molecule has 2 heterocycles. The van der Waals surface area contributed by atoms with Gasteiger partial charge >= 0.3 is 6.11 Å². The molecule has 1 saturated heterocycles. The number of carbonyl (C=O) groups excluding carboxylic acids is 1. The van der Waals surface area contributed by atoms with E-state index in [1.807, 2.05) is 0 Å². The highest BCUT2D eigenvalue weighted by molar-refractivity contribution is 6.32. The van der Waals surface area contributed by atoms with Gasteiger partial charge in [-0.25, -0.2) is 9.37 Å². The van der Waals surface area contributed by atoms with E-state index in [1.54, 1.807) is 17.0 Å². The summed E-state index contributed by atoms with van der Waals surface area (Å²) in [5.41, 5.74) is 1.26. The molecule has 1 saturated carbocycles. The summed E-state index contributed by atoms with van der Waals surface area (Å²) in [7, 11) is 0. The fourth-order valence-electron chi connectivity index (χ4n) is 4.03. The number of halogens is 4. The molecule has 33 heavy (non-hydrogen) atoms. The average molecular weight is 483 g/mol. The highest BCUT2D eigenvalue weighted by Gasteiger charge is 2.48. The van der Waals surface area contributed by atoms with Crippen LogP contribution in [0.25, 0.3) is 0 Å². The lowest BCUT2D eigenvalue weighted by Crippen LogP contribution is -2.44. The minimum Gasteiger partial charge on any atom is -0.474 e. The maximum Gasteiger partial charge on any atom is 0.358 e. The number of likely N-dealkylation sites (tertiary alicyclic amines) is 1. The van der Waals surface area contributed by atoms with E-state index in [0.29, 0.717) is 31.5 Å². The van der Waals surface area contributed by atoms with Crippen LogP contribution in [0.3, 0.4) is 0 Å². The standard InChI is InChI=1S/C24H26ClF3N2O3/c1-23(17-4-6-19(26)7-5-17)8-10-30(11-9-23)22(31)16-14-20(25)21(29-15-16)32-12-13-33-24(27,28)18-2-3-18/h4-7,14-15,18H,2-3,8-13H2,1H3. The molecule has 0 atom stereocenters. The first-order chi connectivity index (χ1) is 15.7. The van der Waals surface area contributed by atoms with E-state index < -0.39 is 12.0 Å². The monoisotopic (exact) mass is 482 g/mol. The highest BCUT2D eigenvalue weighted by Crippen LogP contribution is 2.43. The number of amides is 1. The van der Waals surface area contributed by atoms with Gasteiger partial charge in [0.15, 0.2) is 0 Å². The van der Waals surface area contributed by atoms with Gasteiger partial charge in [-0.05, 0) is 54.9 Å². The van der Waals surface area contributed by atoms with Crippen molar-refractivity contribution in [1.82, 2.24) is 9.88 Å². The number of aromatic nitrogens is 1. The second-order valence-corrected chi connectivity index (χ2v) is 9.31. The van der Waals surface area contributed by atoms with Gasteiger partial charge in [0.25, 0.3) is 5.91 Å². The van der Waals surface area contributed by atoms with Gasteiger partial charge in [0, 0.05) is 19.3 Å². The van der Waals surface area contributed by atoms with Crippen LogP contribution in [-0.4, -0.2) is 48.2 Å². The summed E-state index contributed by atoms with van der Waals surface area (Å²) < 4.78 is 50.2. The Morgan fingerprint density at radius 3 is 2.48 bits per heavy atom. The first-order valence-corrected chi connectivity index (χ1v) is 11.4. The smallest absolute Gasteiger partial charge is 0.358 e. The molecule has 2 fully saturated rings. The van der Waals surface area contributed by atoms with Crippen molar-refractivity contribution in [2.45, 2.75) is 44.1 Å². The SMILES string of the molecule is CC1(c2ccc(F)cc2)CCN(C(=O)c2cnc(OCCOC(F)(F)C3CC3)c(Cl)c2)CC1. The number of hydrogen-bond donors (Lipinski definition) is 0. The Morgan fingerprint density at radius 1 is 1.21 bits per heavy atom. The number of alkyl halides is 2. The molecule has 4 rings (SSSR count). The molecule has 5 nitrogen and oxygen atoms in total. The molecular weight excluding hydrogens is 457 g/mol. The van der Waals surface area contributed by atoms with Crippen LogP contribution >= 0.6 is 11.6 Å². The summed E-state index contributed by atoms with van der Waals surface area (Å²) >= 11 is 6.20. The Hall–Kier alpha value is -2.32. The lowest BCUT2D eigenvalue weighted by atomic mass is 9.74. The minimum atomic E-state index is -3.13. The zero-order chi connectivity index (χ0) is 23.6. The van der Waals surface area contributed by atoms with E-state index in [9.17, 15) is 18.0 Å². The fourth-order valence-corrected chi connectivity index (χ4v) is 4.25. The Bertz CT molecular complexity index is 991. The third-order valence-electron chi connectivity index (χ3n) is 6.42. The molecule has 1 aromatic carbocycles. The second kappa shape index (κ2) is 9.50. The van der Waals surface area contributed by atoms with Crippen molar-refractivity contribution in [3.63, 3.8) is 0 Å². The number of benzene rings is 1. The van der Waals surface area contributed by atoms with Crippen molar-refractivity contribution in [1.29, 1.82) is 0 Å². The molecule has 1 aliphatic carbocycles. The number of rotatable bonds is 8. The fraction of sp³-hybridized carbons (Fsp3) is 0.500. The first kappa shape index (κ1) is 23.8. The minimum absolute atomic E-state index is 0.0640. The molecule has 1 amide bonds. The van der Waals surface area contributed by atoms with Crippen LogP contribution in [0.2, 0.25) is 5.02 Å². The van der Waals surface area contributed by atoms with Crippen LogP contribution in [0.1, 0.15) is 48.5 Å². The van der Waals surface area contributed by atoms with E-state index in [-0.39, 0.29) is 41.3 Å². The topological polar surface area (TPSA) is 51.7 Å². The van der Waals surface area contributed by atoms with Gasteiger partial charge in [0.05, 0.1) is 18.1 Å². The van der Waals surface area contributed by atoms with Gasteiger partial charge in [-0.15, -0.1) is 0 Å². The zero-order valence-electron chi connectivity index (χ0n) is 18.3. The van der Waals surface area contributed by atoms with E-state index in [2.05, 4.69) is 16.6 Å². The molecular formula is C24H26ClF3N2O3. The van der Waals surface area contributed by atoms with Crippen LogP contribution in [0, 0.1) is 11.7 Å². The molecule has 2 aromatic rings. The van der Waals surface area contributed by atoms with Gasteiger partial charge in [-0.1, -0.05) is 30.7 Å². The van der Waals surface area contributed by atoms with Crippen LogP contribution in [0.4, 0.5) is 13.2 Å².